The van der Waals surface area contributed by atoms with E-state index in [1.54, 1.807) is 17.2 Å². The summed E-state index contributed by atoms with van der Waals surface area (Å²) in [6.07, 6.45) is 2.55. The van der Waals surface area contributed by atoms with E-state index >= 15 is 0 Å². The number of ether oxygens (including phenoxy) is 1. The van der Waals surface area contributed by atoms with Crippen LogP contribution in [0, 0.1) is 0 Å². The van der Waals surface area contributed by atoms with Crippen LogP contribution in [0.3, 0.4) is 0 Å². The lowest BCUT2D eigenvalue weighted by atomic mass is 9.98. The molecule has 0 bridgehead atoms. The van der Waals surface area contributed by atoms with Crippen LogP contribution in [-0.2, 0) is 4.74 Å². The number of carbonyl (C=O) groups excluding carboxylic acids is 1. The number of aromatic carboxylic acids is 1. The van der Waals surface area contributed by atoms with E-state index in [9.17, 15) is 14.7 Å². The van der Waals surface area contributed by atoms with E-state index in [1.807, 2.05) is 31.3 Å². The smallest absolute Gasteiger partial charge is 0.410 e. The second-order valence-corrected chi connectivity index (χ2v) is 8.59. The lowest BCUT2D eigenvalue weighted by Crippen LogP contribution is -2.49. The lowest BCUT2D eigenvalue weighted by Gasteiger charge is -2.39. The largest absolute Gasteiger partial charge is 0.478 e. The van der Waals surface area contributed by atoms with E-state index in [4.69, 9.17) is 4.74 Å². The van der Waals surface area contributed by atoms with E-state index in [0.717, 1.165) is 0 Å². The molecule has 1 amide bonds. The molecule has 1 unspecified atom stereocenters. The Morgan fingerprint density at radius 2 is 1.58 bits per heavy atom. The lowest BCUT2D eigenvalue weighted by molar-refractivity contribution is 0.0516. The average Bonchev–Trinajstić information content (AvgIpc) is 3.16. The second kappa shape index (κ2) is 12.4. The monoisotopic (exact) mass is 551 g/mol. The Kier molecular flexibility index (Phi) is 10.1. The van der Waals surface area contributed by atoms with E-state index in [0.29, 0.717) is 25.2 Å². The van der Waals surface area contributed by atoms with Gasteiger partial charge in [-0.2, -0.15) is 0 Å². The zero-order chi connectivity index (χ0) is 22.9. The molecule has 1 saturated heterocycles. The first kappa shape index (κ1) is 29.4. The molecule has 192 valence electrons. The molecule has 1 aliphatic heterocycles. The van der Waals surface area contributed by atoms with Gasteiger partial charge in [0, 0.05) is 37.9 Å². The Morgan fingerprint density at radius 3 is 2.19 bits per heavy atom. The molecule has 0 radical (unpaired) electrons. The summed E-state index contributed by atoms with van der Waals surface area (Å²) in [6, 6.07) is 17.7. The summed E-state index contributed by atoms with van der Waals surface area (Å²) in [4.78, 5) is 32.5. The zero-order valence-electron chi connectivity index (χ0n) is 19.6. The molecule has 0 spiro atoms. The molecule has 0 saturated carbocycles. The molecule has 3 aromatic rings. The predicted octanol–water partition coefficient (Wildman–Crippen LogP) is 5.28. The molecule has 7 nitrogen and oxygen atoms in total. The molecule has 2 aromatic carbocycles. The number of benzene rings is 2. The summed E-state index contributed by atoms with van der Waals surface area (Å²) in [7, 11) is 1.98. The Labute approximate surface area is 228 Å². The first-order valence-corrected chi connectivity index (χ1v) is 11.0. The molecule has 1 aliphatic carbocycles. The van der Waals surface area contributed by atoms with Gasteiger partial charge in [-0.05, 0) is 40.9 Å². The third-order valence-electron chi connectivity index (χ3n) is 6.55. The van der Waals surface area contributed by atoms with Gasteiger partial charge in [0.2, 0.25) is 0 Å². The number of carbonyl (C=O) groups is 2. The molecule has 5 rings (SSSR count). The zero-order valence-corrected chi connectivity index (χ0v) is 22.0. The van der Waals surface area contributed by atoms with Crippen LogP contribution in [0.5, 0.6) is 0 Å². The Hall–Kier alpha value is -2.84. The van der Waals surface area contributed by atoms with E-state index in [-0.39, 0.29) is 61.4 Å². The highest BCUT2D eigenvalue weighted by Crippen LogP contribution is 2.44. The van der Waals surface area contributed by atoms with Gasteiger partial charge in [0.1, 0.15) is 6.61 Å². The molecule has 2 heterocycles. The van der Waals surface area contributed by atoms with Crippen molar-refractivity contribution >= 4 is 49.3 Å². The third kappa shape index (κ3) is 5.60. The minimum absolute atomic E-state index is 0. The van der Waals surface area contributed by atoms with Crippen LogP contribution in [0.25, 0.3) is 11.1 Å². The van der Waals surface area contributed by atoms with Crippen LogP contribution >= 0.6 is 37.2 Å². The summed E-state index contributed by atoms with van der Waals surface area (Å²) in [5.41, 5.74) is 5.49. The van der Waals surface area contributed by atoms with Gasteiger partial charge in [0.05, 0.1) is 11.6 Å². The normalized spacial score (nSPS) is 16.5. The molecular formula is C26H28Cl3N3O4. The minimum Gasteiger partial charge on any atom is -0.478 e. The van der Waals surface area contributed by atoms with Crippen molar-refractivity contribution in [2.24, 2.45) is 0 Å². The second-order valence-electron chi connectivity index (χ2n) is 8.59. The fourth-order valence-corrected chi connectivity index (χ4v) is 4.86. The number of likely N-dealkylation sites (N-methyl/N-ethyl adjacent to an activating group) is 1. The van der Waals surface area contributed by atoms with E-state index < -0.39 is 12.1 Å². The maximum absolute atomic E-state index is 13.2. The standard InChI is InChI=1S/C26H25N3O4.3ClH/c1-28-10-11-29(24(15-28)17-12-18(25(30)31)14-27-13-17)26(32)33-16-23-21-8-4-2-6-19(21)20-7-3-5-9-22(20)23;;;/h2-9,12-14,23-24H,10-11,15-16H2,1H3,(H,30,31);3*1H. The number of pyridine rings is 1. The van der Waals surface area contributed by atoms with Crippen LogP contribution in [0.4, 0.5) is 4.79 Å². The van der Waals surface area contributed by atoms with Gasteiger partial charge < -0.3 is 14.7 Å². The SMILES string of the molecule is CN1CCN(C(=O)OCC2c3ccccc3-c3ccccc32)C(c2cncc(C(=O)O)c2)C1.Cl.Cl.Cl. The fraction of sp³-hybridized carbons (Fsp3) is 0.269. The van der Waals surface area contributed by atoms with Crippen molar-refractivity contribution in [2.45, 2.75) is 12.0 Å². The van der Waals surface area contributed by atoms with E-state index in [1.165, 1.54) is 28.5 Å². The van der Waals surface area contributed by atoms with Gasteiger partial charge in [0.25, 0.3) is 0 Å². The number of amides is 1. The van der Waals surface area contributed by atoms with Crippen molar-refractivity contribution in [3.05, 3.63) is 89.2 Å². The van der Waals surface area contributed by atoms with Crippen molar-refractivity contribution < 1.29 is 19.4 Å². The summed E-state index contributed by atoms with van der Waals surface area (Å²) < 4.78 is 5.88. The molecule has 2 aliphatic rings. The van der Waals surface area contributed by atoms with Crippen LogP contribution in [0.15, 0.2) is 67.0 Å². The number of carboxylic acid groups (broad SMARTS) is 1. The summed E-state index contributed by atoms with van der Waals surface area (Å²) >= 11 is 0. The molecule has 36 heavy (non-hydrogen) atoms. The summed E-state index contributed by atoms with van der Waals surface area (Å²) in [6.45, 7) is 2.04. The van der Waals surface area contributed by atoms with Crippen LogP contribution in [-0.4, -0.2) is 65.2 Å². The van der Waals surface area contributed by atoms with Gasteiger partial charge >= 0.3 is 12.1 Å². The number of fused-ring (bicyclic) bond motifs is 3. The van der Waals surface area contributed by atoms with Crippen LogP contribution in [0.2, 0.25) is 0 Å². The van der Waals surface area contributed by atoms with Crippen molar-refractivity contribution in [1.29, 1.82) is 0 Å². The quantitative estimate of drug-likeness (QED) is 0.474. The molecule has 1 atom stereocenters. The number of nitrogens with zero attached hydrogens (tertiary/aromatic N) is 3. The molecule has 1 aromatic heterocycles. The highest BCUT2D eigenvalue weighted by Gasteiger charge is 2.34. The number of halogens is 3. The average molecular weight is 553 g/mol. The van der Waals surface area contributed by atoms with Gasteiger partial charge in [-0.1, -0.05) is 48.5 Å². The van der Waals surface area contributed by atoms with Crippen molar-refractivity contribution in [2.75, 3.05) is 33.3 Å². The van der Waals surface area contributed by atoms with E-state index in [2.05, 4.69) is 34.1 Å². The van der Waals surface area contributed by atoms with Crippen LogP contribution in [0.1, 0.15) is 39.0 Å². The number of rotatable bonds is 4. The third-order valence-corrected chi connectivity index (χ3v) is 6.55. The van der Waals surface area contributed by atoms with Gasteiger partial charge in [-0.3, -0.25) is 9.88 Å². The topological polar surface area (TPSA) is 83.0 Å². The van der Waals surface area contributed by atoms with Crippen molar-refractivity contribution in [3.63, 3.8) is 0 Å². The highest BCUT2D eigenvalue weighted by atomic mass is 35.5. The maximum atomic E-state index is 13.2. The predicted molar refractivity (Wildman–Crippen MR) is 145 cm³/mol. The van der Waals surface area contributed by atoms with Gasteiger partial charge in [0.15, 0.2) is 0 Å². The number of aromatic nitrogens is 1. The molecule has 1 N–H and O–H groups in total. The van der Waals surface area contributed by atoms with Crippen LogP contribution < -0.4 is 0 Å². The summed E-state index contributed by atoms with van der Waals surface area (Å²) in [5, 5.41) is 9.34. The number of piperazine rings is 1. The number of hydrogen-bond acceptors (Lipinski definition) is 5. The Balaban J connectivity index is 0.00000152. The Bertz CT molecular complexity index is 1180. The maximum Gasteiger partial charge on any atom is 0.410 e. The molecular weight excluding hydrogens is 525 g/mol. The Morgan fingerprint density at radius 1 is 0.972 bits per heavy atom. The molecule has 10 heteroatoms. The summed E-state index contributed by atoms with van der Waals surface area (Å²) in [5.74, 6) is -1.05. The number of hydrogen-bond donors (Lipinski definition) is 1. The first-order valence-electron chi connectivity index (χ1n) is 11.0. The highest BCUT2D eigenvalue weighted by molar-refractivity contribution is 5.87. The van der Waals surface area contributed by atoms with Gasteiger partial charge in [-0.15, -0.1) is 37.2 Å². The van der Waals surface area contributed by atoms with Crippen molar-refractivity contribution in [1.82, 2.24) is 14.8 Å². The fourth-order valence-electron chi connectivity index (χ4n) is 4.86. The minimum atomic E-state index is -1.04. The molecule has 1 fully saturated rings. The first-order chi connectivity index (χ1) is 16.0. The van der Waals surface area contributed by atoms with Gasteiger partial charge in [-0.25, -0.2) is 9.59 Å². The van der Waals surface area contributed by atoms with Crippen molar-refractivity contribution in [3.8, 4) is 11.1 Å². The number of carboxylic acids is 1.